The molecule has 2 fully saturated rings. The molecule has 2 aliphatic heterocycles. The summed E-state index contributed by atoms with van der Waals surface area (Å²) in [6.07, 6.45) is -11.1. The molecule has 0 aromatic heterocycles. The number of aliphatic hydroxyl groups excluding tert-OH is 6. The zero-order chi connectivity index (χ0) is 32.6. The number of carbonyl (C=O) groups excluding carboxylic acids is 2. The van der Waals surface area contributed by atoms with Crippen LogP contribution in [-0.4, -0.2) is 193 Å². The zero-order valence-electron chi connectivity index (χ0n) is 24.4. The number of hydrogen-bond donors (Lipinski definition) is 9. The van der Waals surface area contributed by atoms with Gasteiger partial charge in [0.25, 0.3) is 0 Å². The predicted molar refractivity (Wildman–Crippen MR) is 144 cm³/mol. The van der Waals surface area contributed by atoms with Gasteiger partial charge in [-0.05, 0) is 6.92 Å². The Morgan fingerprint density at radius 3 is 1.77 bits per heavy atom. The summed E-state index contributed by atoms with van der Waals surface area (Å²) in [4.78, 5) is 36.8. The summed E-state index contributed by atoms with van der Waals surface area (Å²) in [7, 11) is 0. The van der Waals surface area contributed by atoms with Crippen molar-refractivity contribution in [3.8, 4) is 0 Å². The summed E-state index contributed by atoms with van der Waals surface area (Å²) in [6, 6.07) is 0. The van der Waals surface area contributed by atoms with Gasteiger partial charge in [-0.15, -0.1) is 0 Å². The molecule has 0 aromatic rings. The fourth-order valence-corrected chi connectivity index (χ4v) is 4.13. The molecule has 9 atom stereocenters. The normalized spacial score (nSPS) is 30.7. The highest BCUT2D eigenvalue weighted by Crippen LogP contribution is 2.21. The van der Waals surface area contributed by atoms with Crippen LogP contribution in [0.3, 0.4) is 0 Å². The molecule has 256 valence electrons. The van der Waals surface area contributed by atoms with E-state index in [0.29, 0.717) is 0 Å². The van der Waals surface area contributed by atoms with Gasteiger partial charge in [0.05, 0.1) is 72.0 Å². The Balaban J connectivity index is 1.53. The van der Waals surface area contributed by atoms with Crippen molar-refractivity contribution < 1.29 is 78.6 Å². The van der Waals surface area contributed by atoms with Crippen LogP contribution in [0.15, 0.2) is 0 Å². The van der Waals surface area contributed by atoms with Crippen LogP contribution in [0.1, 0.15) is 6.92 Å². The van der Waals surface area contributed by atoms with E-state index in [1.807, 2.05) is 0 Å². The number of amides is 2. The van der Waals surface area contributed by atoms with Gasteiger partial charge in [-0.1, -0.05) is 0 Å². The molecule has 0 aliphatic carbocycles. The van der Waals surface area contributed by atoms with Crippen LogP contribution in [0.25, 0.3) is 0 Å². The molecule has 2 saturated heterocycles. The topological polar surface area (TPSA) is 275 Å². The van der Waals surface area contributed by atoms with Crippen molar-refractivity contribution in [3.05, 3.63) is 0 Å². The van der Waals surface area contributed by atoms with Gasteiger partial charge in [0.1, 0.15) is 36.6 Å². The molecule has 19 nitrogen and oxygen atoms in total. The summed E-state index contributed by atoms with van der Waals surface area (Å²) < 4.78 is 31.6. The fraction of sp³-hybridized carbons (Fsp3) is 0.880. The Hall–Kier alpha value is -2.11. The minimum absolute atomic E-state index is 0.00185. The number of carboxylic acid groups (broad SMARTS) is 1. The van der Waals surface area contributed by atoms with Crippen LogP contribution < -0.4 is 10.6 Å². The largest absolute Gasteiger partial charge is 0.480 e. The van der Waals surface area contributed by atoms with Gasteiger partial charge in [-0.25, -0.2) is 0 Å². The van der Waals surface area contributed by atoms with Gasteiger partial charge in [0.2, 0.25) is 11.8 Å². The van der Waals surface area contributed by atoms with Crippen molar-refractivity contribution in [2.24, 2.45) is 0 Å². The highest BCUT2D eigenvalue weighted by Gasteiger charge is 2.42. The van der Waals surface area contributed by atoms with E-state index in [1.165, 1.54) is 6.92 Å². The van der Waals surface area contributed by atoms with E-state index >= 15 is 0 Å². The number of ether oxygens (including phenoxy) is 6. The molecule has 2 heterocycles. The first kappa shape index (κ1) is 38.1. The van der Waals surface area contributed by atoms with Crippen LogP contribution in [0.4, 0.5) is 0 Å². The Bertz CT molecular complexity index is 871. The van der Waals surface area contributed by atoms with Crippen molar-refractivity contribution in [2.75, 3.05) is 79.0 Å². The minimum atomic E-state index is -1.43. The van der Waals surface area contributed by atoms with Gasteiger partial charge >= 0.3 is 5.97 Å². The average molecular weight is 644 g/mol. The lowest BCUT2D eigenvalue weighted by Gasteiger charge is -2.38. The minimum Gasteiger partial charge on any atom is -0.480 e. The molecule has 0 spiro atoms. The van der Waals surface area contributed by atoms with E-state index in [-0.39, 0.29) is 72.4 Å². The highest BCUT2D eigenvalue weighted by molar-refractivity contribution is 5.82. The number of carbonyl (C=O) groups is 3. The maximum Gasteiger partial charge on any atom is 0.317 e. The summed E-state index contributed by atoms with van der Waals surface area (Å²) in [6.45, 7) is 0.588. The maximum absolute atomic E-state index is 12.2. The Kier molecular flexibility index (Phi) is 17.4. The molecule has 9 N–H and O–H groups in total. The van der Waals surface area contributed by atoms with Gasteiger partial charge in [-0.3, -0.25) is 19.3 Å². The van der Waals surface area contributed by atoms with Crippen LogP contribution in [0.2, 0.25) is 0 Å². The maximum atomic E-state index is 12.2. The van der Waals surface area contributed by atoms with E-state index in [9.17, 15) is 45.0 Å². The standard InChI is InChI=1S/C25H45N3O16/c1-14-19(34)21(36)23(38)25(44-14)42-9-7-40-5-3-27-17(31)11-28(12-18(32)33)10-16(30)26-2-4-39-6-8-41-24-22(37)20(35)15(29)13-43-24/h14-15,19-25,29,34-38H,2-13H2,1H3,(H,26,30)(H,27,31)(H,32,33)/t14-,15-,19-,20+,21+,22+,23+,24+,25+/m0/s1. The lowest BCUT2D eigenvalue weighted by molar-refractivity contribution is -0.294. The predicted octanol–water partition coefficient (Wildman–Crippen LogP) is -6.06. The van der Waals surface area contributed by atoms with Gasteiger partial charge in [0, 0.05) is 13.1 Å². The second-order valence-electron chi connectivity index (χ2n) is 10.1. The molecule has 2 rings (SSSR count). The van der Waals surface area contributed by atoms with Crippen LogP contribution >= 0.6 is 0 Å². The summed E-state index contributed by atoms with van der Waals surface area (Å²) in [5, 5.41) is 72.4. The molecular formula is C25H45N3O16. The van der Waals surface area contributed by atoms with Crippen molar-refractivity contribution >= 4 is 17.8 Å². The molecular weight excluding hydrogens is 598 g/mol. The molecule has 2 amide bonds. The van der Waals surface area contributed by atoms with E-state index in [4.69, 9.17) is 33.5 Å². The van der Waals surface area contributed by atoms with Gasteiger partial charge in [0.15, 0.2) is 12.6 Å². The molecule has 0 unspecified atom stereocenters. The molecule has 0 radical (unpaired) electrons. The van der Waals surface area contributed by atoms with E-state index < -0.39 is 79.6 Å². The van der Waals surface area contributed by atoms with E-state index in [1.54, 1.807) is 0 Å². The molecule has 0 saturated carbocycles. The van der Waals surface area contributed by atoms with Gasteiger partial charge < -0.3 is 74.8 Å². The molecule has 19 heteroatoms. The third kappa shape index (κ3) is 13.5. The quantitative estimate of drug-likeness (QED) is 0.0558. The number of aliphatic hydroxyl groups is 6. The Morgan fingerprint density at radius 2 is 1.23 bits per heavy atom. The van der Waals surface area contributed by atoms with Crippen molar-refractivity contribution in [2.45, 2.75) is 62.2 Å². The molecule has 0 aromatic carbocycles. The smallest absolute Gasteiger partial charge is 0.317 e. The van der Waals surface area contributed by atoms with Gasteiger partial charge in [-0.2, -0.15) is 0 Å². The Morgan fingerprint density at radius 1 is 0.705 bits per heavy atom. The monoisotopic (exact) mass is 643 g/mol. The summed E-state index contributed by atoms with van der Waals surface area (Å²) in [5.74, 6) is -2.29. The Labute approximate surface area is 253 Å². The third-order valence-corrected chi connectivity index (χ3v) is 6.51. The van der Waals surface area contributed by atoms with Crippen LogP contribution in [0.5, 0.6) is 0 Å². The third-order valence-electron chi connectivity index (χ3n) is 6.51. The first-order valence-electron chi connectivity index (χ1n) is 14.1. The zero-order valence-corrected chi connectivity index (χ0v) is 24.4. The van der Waals surface area contributed by atoms with E-state index in [2.05, 4.69) is 10.6 Å². The lowest BCUT2D eigenvalue weighted by atomic mass is 10.0. The summed E-state index contributed by atoms with van der Waals surface area (Å²) in [5.41, 5.74) is 0. The van der Waals surface area contributed by atoms with Crippen molar-refractivity contribution in [1.82, 2.24) is 15.5 Å². The highest BCUT2D eigenvalue weighted by atomic mass is 16.7. The average Bonchev–Trinajstić information content (AvgIpc) is 2.96. The van der Waals surface area contributed by atoms with Crippen molar-refractivity contribution in [1.29, 1.82) is 0 Å². The first-order chi connectivity index (χ1) is 20.9. The number of carboxylic acids is 1. The molecule has 0 bridgehead atoms. The summed E-state index contributed by atoms with van der Waals surface area (Å²) >= 11 is 0. The second kappa shape index (κ2) is 20.1. The molecule has 44 heavy (non-hydrogen) atoms. The number of hydrogen-bond acceptors (Lipinski definition) is 16. The van der Waals surface area contributed by atoms with Crippen LogP contribution in [0, 0.1) is 0 Å². The second-order valence-corrected chi connectivity index (χ2v) is 10.1. The number of nitrogens with one attached hydrogen (secondary N) is 2. The van der Waals surface area contributed by atoms with Crippen LogP contribution in [-0.2, 0) is 42.8 Å². The number of nitrogens with zero attached hydrogens (tertiary/aromatic N) is 1. The van der Waals surface area contributed by atoms with Crippen molar-refractivity contribution in [3.63, 3.8) is 0 Å². The number of rotatable bonds is 20. The van der Waals surface area contributed by atoms with E-state index in [0.717, 1.165) is 4.90 Å². The first-order valence-corrected chi connectivity index (χ1v) is 14.1. The molecule has 2 aliphatic rings. The lowest BCUT2D eigenvalue weighted by Crippen LogP contribution is -2.57. The number of aliphatic carboxylic acids is 1. The SMILES string of the molecule is C[C@@H]1O[C@@H](OCCOCCNC(=O)CN(CC(=O)O)CC(=O)NCCOCCO[C@@H]2OC[C@H](O)[C@@H](O)[C@H]2O)[C@H](O)[C@H](O)[C@H]1O. The fourth-order valence-electron chi connectivity index (χ4n) is 4.13.